The summed E-state index contributed by atoms with van der Waals surface area (Å²) in [6.45, 7) is 2.50. The number of nitrogens with zero attached hydrogens (tertiary/aromatic N) is 4. The highest BCUT2D eigenvalue weighted by Crippen LogP contribution is 2.28. The number of amides is 1. The van der Waals surface area contributed by atoms with Crippen LogP contribution in [0.4, 0.5) is 5.69 Å². The summed E-state index contributed by atoms with van der Waals surface area (Å²) in [6, 6.07) is 14.4. The highest BCUT2D eigenvalue weighted by atomic mass is 32.2. The van der Waals surface area contributed by atoms with Gasteiger partial charge in [0.15, 0.2) is 0 Å². The van der Waals surface area contributed by atoms with Gasteiger partial charge in [0.25, 0.3) is 5.91 Å². The predicted octanol–water partition coefficient (Wildman–Crippen LogP) is 3.31. The van der Waals surface area contributed by atoms with Gasteiger partial charge < -0.3 is 14.7 Å². The first-order chi connectivity index (χ1) is 17.5. The van der Waals surface area contributed by atoms with Gasteiger partial charge in [0.2, 0.25) is 0 Å². The summed E-state index contributed by atoms with van der Waals surface area (Å²) in [5.74, 6) is -0.256. The van der Waals surface area contributed by atoms with E-state index in [1.54, 1.807) is 29.3 Å². The van der Waals surface area contributed by atoms with Gasteiger partial charge in [0, 0.05) is 29.8 Å². The minimum absolute atomic E-state index is 0.0293. The second kappa shape index (κ2) is 11.8. The van der Waals surface area contributed by atoms with E-state index in [-0.39, 0.29) is 29.3 Å². The molecule has 1 aromatic heterocycles. The van der Waals surface area contributed by atoms with Crippen LogP contribution in [0.1, 0.15) is 46.9 Å². The van der Waals surface area contributed by atoms with Gasteiger partial charge in [-0.2, -0.15) is 5.10 Å². The standard InChI is InChI=1S/C26H27N5O4S/c1-2-20-13-23(16-32)31(30-25(20)21-7-3-19(4-8-21)17-36(34)35)15-18-5-9-22(10-6-18)29-26(33)24-14-27-11-12-28-24/h3-12,14,16,20,23H,2,13,15,17H2,1H3,(H,29,33)(H,34,35)/p-1. The van der Waals surface area contributed by atoms with Crippen molar-refractivity contribution in [2.45, 2.75) is 38.1 Å². The highest BCUT2D eigenvalue weighted by Gasteiger charge is 2.30. The van der Waals surface area contributed by atoms with E-state index in [9.17, 15) is 18.4 Å². The topological polar surface area (TPSA) is 128 Å². The molecule has 186 valence electrons. The second-order valence-corrected chi connectivity index (χ2v) is 9.41. The molecule has 0 saturated heterocycles. The molecular weight excluding hydrogens is 478 g/mol. The number of hydrogen-bond acceptors (Lipinski definition) is 8. The molecule has 1 N–H and O–H groups in total. The molecule has 0 radical (unpaired) electrons. The summed E-state index contributed by atoms with van der Waals surface area (Å²) in [4.78, 5) is 32.1. The summed E-state index contributed by atoms with van der Waals surface area (Å²) < 4.78 is 22.0. The minimum atomic E-state index is -2.14. The molecule has 10 heteroatoms. The van der Waals surface area contributed by atoms with E-state index in [4.69, 9.17) is 5.10 Å². The predicted molar refractivity (Wildman–Crippen MR) is 136 cm³/mol. The Morgan fingerprint density at radius 1 is 1.14 bits per heavy atom. The van der Waals surface area contributed by atoms with Crippen molar-refractivity contribution in [2.75, 3.05) is 5.32 Å². The zero-order valence-electron chi connectivity index (χ0n) is 19.7. The zero-order chi connectivity index (χ0) is 25.5. The molecule has 36 heavy (non-hydrogen) atoms. The lowest BCUT2D eigenvalue weighted by Gasteiger charge is -2.35. The Bertz CT molecular complexity index is 1250. The Morgan fingerprint density at radius 3 is 2.47 bits per heavy atom. The molecule has 1 aliphatic heterocycles. The number of aromatic nitrogens is 2. The van der Waals surface area contributed by atoms with Crippen LogP contribution in [-0.2, 0) is 28.2 Å². The summed E-state index contributed by atoms with van der Waals surface area (Å²) in [5, 5.41) is 9.45. The number of hydrazone groups is 1. The Kier molecular flexibility index (Phi) is 8.29. The number of benzene rings is 2. The van der Waals surface area contributed by atoms with Gasteiger partial charge >= 0.3 is 0 Å². The van der Waals surface area contributed by atoms with Crippen molar-refractivity contribution in [3.8, 4) is 0 Å². The molecule has 1 amide bonds. The average molecular weight is 505 g/mol. The molecular formula is C26H26N5O4S-. The fraction of sp³-hybridized carbons (Fsp3) is 0.269. The van der Waals surface area contributed by atoms with E-state index in [1.807, 2.05) is 24.3 Å². The first kappa shape index (κ1) is 25.3. The van der Waals surface area contributed by atoms with Crippen molar-refractivity contribution in [3.05, 3.63) is 89.5 Å². The van der Waals surface area contributed by atoms with Crippen molar-refractivity contribution in [1.82, 2.24) is 15.0 Å². The number of carbonyl (C=O) groups is 2. The second-order valence-electron chi connectivity index (χ2n) is 8.51. The maximum absolute atomic E-state index is 12.3. The first-order valence-corrected chi connectivity index (χ1v) is 12.8. The van der Waals surface area contributed by atoms with Gasteiger partial charge in [-0.15, -0.1) is 0 Å². The van der Waals surface area contributed by atoms with Gasteiger partial charge in [-0.05, 0) is 41.7 Å². The van der Waals surface area contributed by atoms with Gasteiger partial charge in [-0.1, -0.05) is 54.4 Å². The number of aldehydes is 1. The molecule has 3 aromatic rings. The summed E-state index contributed by atoms with van der Waals surface area (Å²) in [5.41, 5.74) is 4.30. The lowest BCUT2D eigenvalue weighted by Crippen LogP contribution is -2.41. The molecule has 9 nitrogen and oxygen atoms in total. The zero-order valence-corrected chi connectivity index (χ0v) is 20.6. The first-order valence-electron chi connectivity index (χ1n) is 11.6. The molecule has 0 fully saturated rings. The molecule has 0 bridgehead atoms. The smallest absolute Gasteiger partial charge is 0.275 e. The van der Waals surface area contributed by atoms with Crippen LogP contribution in [-0.4, -0.2) is 47.7 Å². The normalized spacial score (nSPS) is 18.3. The van der Waals surface area contributed by atoms with E-state index in [1.165, 1.54) is 18.6 Å². The maximum Gasteiger partial charge on any atom is 0.275 e. The van der Waals surface area contributed by atoms with E-state index < -0.39 is 11.1 Å². The Balaban J connectivity index is 1.50. The largest absolute Gasteiger partial charge is 0.772 e. The molecule has 0 saturated carbocycles. The Hall–Kier alpha value is -3.76. The van der Waals surface area contributed by atoms with Crippen LogP contribution in [0, 0.1) is 5.92 Å². The number of nitrogens with one attached hydrogen (secondary N) is 1. The number of hydrogen-bond donors (Lipinski definition) is 1. The van der Waals surface area contributed by atoms with Gasteiger partial charge in [-0.3, -0.25) is 19.0 Å². The van der Waals surface area contributed by atoms with Gasteiger partial charge in [-0.25, -0.2) is 4.98 Å². The number of anilines is 1. The molecule has 3 unspecified atom stereocenters. The lowest BCUT2D eigenvalue weighted by atomic mass is 9.87. The molecule has 0 spiro atoms. The van der Waals surface area contributed by atoms with Crippen molar-refractivity contribution in [2.24, 2.45) is 11.0 Å². The summed E-state index contributed by atoms with van der Waals surface area (Å²) in [6.07, 6.45) is 6.78. The fourth-order valence-electron chi connectivity index (χ4n) is 4.15. The number of carbonyl (C=O) groups excluding carboxylic acids is 2. The van der Waals surface area contributed by atoms with Crippen molar-refractivity contribution in [1.29, 1.82) is 0 Å². The molecule has 0 aliphatic carbocycles. The van der Waals surface area contributed by atoms with Crippen LogP contribution in [0.15, 0.2) is 72.2 Å². The molecule has 1 aliphatic rings. The Labute approximate surface area is 212 Å². The van der Waals surface area contributed by atoms with Crippen LogP contribution in [0.2, 0.25) is 0 Å². The van der Waals surface area contributed by atoms with Crippen molar-refractivity contribution in [3.63, 3.8) is 0 Å². The van der Waals surface area contributed by atoms with Crippen molar-refractivity contribution < 1.29 is 18.4 Å². The Morgan fingerprint density at radius 2 is 1.86 bits per heavy atom. The molecule has 3 atom stereocenters. The lowest BCUT2D eigenvalue weighted by molar-refractivity contribution is -0.113. The van der Waals surface area contributed by atoms with E-state index in [0.717, 1.165) is 29.5 Å². The third kappa shape index (κ3) is 6.27. The van der Waals surface area contributed by atoms with E-state index in [0.29, 0.717) is 24.2 Å². The van der Waals surface area contributed by atoms with Crippen LogP contribution in [0.3, 0.4) is 0 Å². The molecule has 2 heterocycles. The minimum Gasteiger partial charge on any atom is -0.772 e. The molecule has 4 rings (SSSR count). The van der Waals surface area contributed by atoms with Crippen LogP contribution < -0.4 is 5.32 Å². The van der Waals surface area contributed by atoms with E-state index in [2.05, 4.69) is 22.2 Å². The van der Waals surface area contributed by atoms with E-state index >= 15 is 0 Å². The summed E-state index contributed by atoms with van der Waals surface area (Å²) in [7, 11) is 0. The SMILES string of the molecule is CCC1CC(C=O)N(Cc2ccc(NC(=O)c3cnccn3)cc2)N=C1c1ccc(CS(=O)[O-])cc1. The monoisotopic (exact) mass is 504 g/mol. The third-order valence-corrected chi connectivity index (χ3v) is 6.64. The van der Waals surface area contributed by atoms with Gasteiger partial charge in [0.05, 0.1) is 18.5 Å². The van der Waals surface area contributed by atoms with Crippen LogP contribution in [0.25, 0.3) is 0 Å². The third-order valence-electron chi connectivity index (χ3n) is 6.07. The maximum atomic E-state index is 12.3. The highest BCUT2D eigenvalue weighted by molar-refractivity contribution is 7.78. The fourth-order valence-corrected chi connectivity index (χ4v) is 4.62. The van der Waals surface area contributed by atoms with Crippen LogP contribution in [0.5, 0.6) is 0 Å². The van der Waals surface area contributed by atoms with Crippen LogP contribution >= 0.6 is 0 Å². The number of rotatable bonds is 9. The average Bonchev–Trinajstić information content (AvgIpc) is 2.90. The van der Waals surface area contributed by atoms with Gasteiger partial charge in [0.1, 0.15) is 18.0 Å². The quantitative estimate of drug-likeness (QED) is 0.350. The summed E-state index contributed by atoms with van der Waals surface area (Å²) >= 11 is -2.14. The van der Waals surface area contributed by atoms with Crippen molar-refractivity contribution >= 4 is 34.7 Å². The molecule has 2 aromatic carbocycles.